The molecule has 1 aromatic carbocycles. The van der Waals surface area contributed by atoms with Gasteiger partial charge in [-0.05, 0) is 53.8 Å². The number of hydrogen-bond donors (Lipinski definition) is 1. The molecule has 1 atom stereocenters. The van der Waals surface area contributed by atoms with Gasteiger partial charge in [0, 0.05) is 16.0 Å². The number of rotatable bonds is 3. The quantitative estimate of drug-likeness (QED) is 0.837. The first-order chi connectivity index (χ1) is 8.58. The van der Waals surface area contributed by atoms with Crippen molar-refractivity contribution < 1.29 is 4.79 Å². The molecule has 1 amide bonds. The van der Waals surface area contributed by atoms with Crippen molar-refractivity contribution in [3.05, 3.63) is 45.3 Å². The zero-order valence-corrected chi connectivity index (χ0v) is 12.5. The molecule has 0 saturated heterocycles. The van der Waals surface area contributed by atoms with Crippen LogP contribution < -0.4 is 5.32 Å². The van der Waals surface area contributed by atoms with E-state index in [1.165, 1.54) is 0 Å². The van der Waals surface area contributed by atoms with Gasteiger partial charge in [-0.25, -0.2) is 0 Å². The Kier molecular flexibility index (Phi) is 4.23. The topological polar surface area (TPSA) is 46.9 Å². The Morgan fingerprint density at radius 3 is 2.94 bits per heavy atom. The van der Waals surface area contributed by atoms with Crippen LogP contribution in [0.2, 0.25) is 5.02 Å². The van der Waals surface area contributed by atoms with Gasteiger partial charge in [0.25, 0.3) is 0 Å². The molecule has 0 saturated carbocycles. The molecule has 94 valence electrons. The molecule has 2 rings (SSSR count). The van der Waals surface area contributed by atoms with E-state index in [0.29, 0.717) is 10.7 Å². The number of nitrogens with one attached hydrogen (secondary N) is 1. The minimum Gasteiger partial charge on any atom is -0.323 e. The molecule has 0 radical (unpaired) electrons. The highest BCUT2D eigenvalue weighted by molar-refractivity contribution is 14.1. The summed E-state index contributed by atoms with van der Waals surface area (Å²) in [7, 11) is 0. The van der Waals surface area contributed by atoms with Crippen molar-refractivity contribution in [3.63, 3.8) is 0 Å². The van der Waals surface area contributed by atoms with E-state index in [4.69, 9.17) is 11.6 Å². The molecule has 0 aliphatic rings. The molecule has 6 heteroatoms. The maximum atomic E-state index is 12.0. The monoisotopic (exact) mass is 375 g/mol. The Labute approximate surface area is 123 Å². The van der Waals surface area contributed by atoms with Crippen LogP contribution in [0.4, 0.5) is 5.69 Å². The average molecular weight is 376 g/mol. The maximum Gasteiger partial charge on any atom is 0.248 e. The molecule has 18 heavy (non-hydrogen) atoms. The summed E-state index contributed by atoms with van der Waals surface area (Å²) in [5.41, 5.74) is 0.612. The molecule has 1 unspecified atom stereocenters. The van der Waals surface area contributed by atoms with Gasteiger partial charge in [-0.1, -0.05) is 11.6 Å². The van der Waals surface area contributed by atoms with Gasteiger partial charge in [0.05, 0.1) is 10.7 Å². The van der Waals surface area contributed by atoms with Crippen molar-refractivity contribution in [2.75, 3.05) is 5.32 Å². The molecule has 1 N–H and O–H groups in total. The van der Waals surface area contributed by atoms with Crippen LogP contribution in [0, 0.1) is 3.57 Å². The number of aromatic nitrogens is 2. The number of halogens is 2. The van der Waals surface area contributed by atoms with Crippen LogP contribution in [-0.4, -0.2) is 15.7 Å². The number of amides is 1. The summed E-state index contributed by atoms with van der Waals surface area (Å²) >= 11 is 8.23. The number of carbonyl (C=O) groups excluding carboxylic acids is 1. The maximum absolute atomic E-state index is 12.0. The van der Waals surface area contributed by atoms with Gasteiger partial charge in [-0.15, -0.1) is 0 Å². The van der Waals surface area contributed by atoms with Gasteiger partial charge in [0.15, 0.2) is 0 Å². The van der Waals surface area contributed by atoms with E-state index in [-0.39, 0.29) is 11.9 Å². The summed E-state index contributed by atoms with van der Waals surface area (Å²) in [6, 6.07) is 6.88. The molecule has 0 aliphatic carbocycles. The van der Waals surface area contributed by atoms with Crippen LogP contribution >= 0.6 is 34.2 Å². The predicted molar refractivity (Wildman–Crippen MR) is 79.7 cm³/mol. The molecule has 4 nitrogen and oxygen atoms in total. The second-order valence-electron chi connectivity index (χ2n) is 3.78. The zero-order valence-electron chi connectivity index (χ0n) is 9.60. The summed E-state index contributed by atoms with van der Waals surface area (Å²) in [6.45, 7) is 1.78. The molecule has 0 fully saturated rings. The van der Waals surface area contributed by atoms with Crippen LogP contribution in [0.5, 0.6) is 0 Å². The summed E-state index contributed by atoms with van der Waals surface area (Å²) < 4.78 is 2.62. The zero-order chi connectivity index (χ0) is 13.1. The minimum absolute atomic E-state index is 0.151. The van der Waals surface area contributed by atoms with Crippen molar-refractivity contribution in [3.8, 4) is 0 Å². The largest absolute Gasteiger partial charge is 0.323 e. The third-order valence-electron chi connectivity index (χ3n) is 2.49. The Hall–Kier alpha value is -1.08. The van der Waals surface area contributed by atoms with Crippen LogP contribution in [0.25, 0.3) is 0 Å². The van der Waals surface area contributed by atoms with Crippen molar-refractivity contribution in [1.82, 2.24) is 9.78 Å². The smallest absolute Gasteiger partial charge is 0.248 e. The number of hydrogen-bond acceptors (Lipinski definition) is 2. The van der Waals surface area contributed by atoms with Gasteiger partial charge < -0.3 is 5.32 Å². The fraction of sp³-hybridized carbons (Fsp3) is 0.167. The highest BCUT2D eigenvalue weighted by atomic mass is 127. The highest BCUT2D eigenvalue weighted by Gasteiger charge is 2.16. The lowest BCUT2D eigenvalue weighted by Gasteiger charge is -2.13. The first-order valence-electron chi connectivity index (χ1n) is 5.33. The van der Waals surface area contributed by atoms with E-state index in [2.05, 4.69) is 33.0 Å². The second kappa shape index (κ2) is 5.71. The molecule has 1 heterocycles. The van der Waals surface area contributed by atoms with Crippen molar-refractivity contribution >= 4 is 45.8 Å². The van der Waals surface area contributed by atoms with Crippen molar-refractivity contribution in [2.45, 2.75) is 13.0 Å². The third kappa shape index (κ3) is 3.02. The van der Waals surface area contributed by atoms with Crippen LogP contribution in [0.15, 0.2) is 36.7 Å². The Bertz CT molecular complexity index is 556. The lowest BCUT2D eigenvalue weighted by Crippen LogP contribution is -2.24. The van der Waals surface area contributed by atoms with Crippen LogP contribution in [-0.2, 0) is 4.79 Å². The van der Waals surface area contributed by atoms with Crippen molar-refractivity contribution in [2.24, 2.45) is 0 Å². The first kappa shape index (κ1) is 13.4. The van der Waals surface area contributed by atoms with Gasteiger partial charge in [0.2, 0.25) is 5.91 Å². The first-order valence-corrected chi connectivity index (χ1v) is 6.78. The van der Waals surface area contributed by atoms with E-state index in [9.17, 15) is 4.79 Å². The fourth-order valence-electron chi connectivity index (χ4n) is 1.46. The van der Waals surface area contributed by atoms with Gasteiger partial charge in [0.1, 0.15) is 6.04 Å². The lowest BCUT2D eigenvalue weighted by molar-refractivity contribution is -0.119. The average Bonchev–Trinajstić information content (AvgIpc) is 2.85. The minimum atomic E-state index is -0.379. The van der Waals surface area contributed by atoms with E-state index in [1.54, 1.807) is 42.2 Å². The van der Waals surface area contributed by atoms with Crippen LogP contribution in [0.3, 0.4) is 0 Å². The fourth-order valence-corrected chi connectivity index (χ4v) is 2.36. The number of benzene rings is 1. The van der Waals surface area contributed by atoms with Crippen molar-refractivity contribution in [1.29, 1.82) is 0 Å². The number of nitrogens with zero attached hydrogens (tertiary/aromatic N) is 2. The summed E-state index contributed by atoms with van der Waals surface area (Å²) in [4.78, 5) is 12.0. The highest BCUT2D eigenvalue weighted by Crippen LogP contribution is 2.24. The normalized spacial score (nSPS) is 12.2. The molecule has 0 spiro atoms. The van der Waals surface area contributed by atoms with Crippen LogP contribution in [0.1, 0.15) is 13.0 Å². The SMILES string of the molecule is CC(C(=O)Nc1ccc(I)cc1Cl)n1cccn1. The standard InChI is InChI=1S/C12H11ClIN3O/c1-8(17-6-2-5-15-17)12(18)16-11-4-3-9(14)7-10(11)13/h2-8H,1H3,(H,16,18). The molecule has 0 bridgehead atoms. The third-order valence-corrected chi connectivity index (χ3v) is 3.47. The Morgan fingerprint density at radius 2 is 2.33 bits per heavy atom. The number of anilines is 1. The molecule has 0 aliphatic heterocycles. The molecule has 1 aromatic heterocycles. The van der Waals surface area contributed by atoms with Gasteiger partial charge in [-0.2, -0.15) is 5.10 Å². The Balaban J connectivity index is 2.12. The molecule has 2 aromatic rings. The Morgan fingerprint density at radius 1 is 1.56 bits per heavy atom. The predicted octanol–water partition coefficient (Wildman–Crippen LogP) is 3.34. The lowest BCUT2D eigenvalue weighted by atomic mass is 10.2. The van der Waals surface area contributed by atoms with E-state index >= 15 is 0 Å². The van der Waals surface area contributed by atoms with E-state index in [0.717, 1.165) is 3.57 Å². The molecular weight excluding hydrogens is 365 g/mol. The summed E-state index contributed by atoms with van der Waals surface area (Å²) in [5.74, 6) is -0.151. The van der Waals surface area contributed by atoms with Gasteiger partial charge >= 0.3 is 0 Å². The van der Waals surface area contributed by atoms with Gasteiger partial charge in [-0.3, -0.25) is 9.48 Å². The molecular formula is C12H11ClIN3O. The summed E-state index contributed by atoms with van der Waals surface area (Å²) in [6.07, 6.45) is 3.39. The number of carbonyl (C=O) groups is 1. The second-order valence-corrected chi connectivity index (χ2v) is 5.43. The summed E-state index contributed by atoms with van der Waals surface area (Å²) in [5, 5.41) is 7.36. The van der Waals surface area contributed by atoms with E-state index < -0.39 is 0 Å². The van der Waals surface area contributed by atoms with E-state index in [1.807, 2.05) is 6.07 Å².